The molecular weight excluding hydrogens is 360 g/mol. The fourth-order valence-electron chi connectivity index (χ4n) is 4.09. The third kappa shape index (κ3) is 4.09. The summed E-state index contributed by atoms with van der Waals surface area (Å²) in [5, 5.41) is 9.06. The molecule has 29 heavy (non-hydrogen) atoms. The van der Waals surface area contributed by atoms with E-state index < -0.39 is 5.97 Å². The number of carboxylic acid groups (broad SMARTS) is 1. The Labute approximate surface area is 171 Å². The zero-order valence-electron chi connectivity index (χ0n) is 16.5. The van der Waals surface area contributed by atoms with Gasteiger partial charge in [-0.15, -0.1) is 0 Å². The Bertz CT molecular complexity index is 1060. The summed E-state index contributed by atoms with van der Waals surface area (Å²) < 4.78 is 5.52. The minimum absolute atomic E-state index is 0.330. The summed E-state index contributed by atoms with van der Waals surface area (Å²) in [6.07, 6.45) is 6.18. The molecule has 0 bridgehead atoms. The summed E-state index contributed by atoms with van der Waals surface area (Å²) in [5.41, 5.74) is 8.09. The molecule has 0 unspecified atom stereocenters. The summed E-state index contributed by atoms with van der Waals surface area (Å²) in [6.45, 7) is 0. The summed E-state index contributed by atoms with van der Waals surface area (Å²) >= 11 is 0. The van der Waals surface area contributed by atoms with Crippen LogP contribution >= 0.6 is 0 Å². The first-order valence-corrected chi connectivity index (χ1v) is 9.92. The highest BCUT2D eigenvalue weighted by Crippen LogP contribution is 2.37. The van der Waals surface area contributed by atoms with Crippen molar-refractivity contribution in [3.8, 4) is 5.75 Å². The van der Waals surface area contributed by atoms with Crippen molar-refractivity contribution >= 4 is 17.6 Å². The number of methoxy groups -OCH3 is 1. The lowest BCUT2D eigenvalue weighted by molar-refractivity contribution is 0.0697. The highest BCUT2D eigenvalue weighted by molar-refractivity contribution is 5.88. The number of allylic oxidation sites excluding steroid dienone is 1. The lowest BCUT2D eigenvalue weighted by Crippen LogP contribution is -1.99. The fourth-order valence-corrected chi connectivity index (χ4v) is 4.09. The molecular formula is C26H24O3. The van der Waals surface area contributed by atoms with E-state index >= 15 is 0 Å². The first kappa shape index (κ1) is 19.0. The lowest BCUT2D eigenvalue weighted by Gasteiger charge is -2.12. The van der Waals surface area contributed by atoms with Gasteiger partial charge in [-0.25, -0.2) is 4.79 Å². The van der Waals surface area contributed by atoms with E-state index in [0.717, 1.165) is 42.6 Å². The molecule has 0 amide bonds. The number of para-hydroxylation sites is 1. The largest absolute Gasteiger partial charge is 0.496 e. The van der Waals surface area contributed by atoms with E-state index in [-0.39, 0.29) is 0 Å². The van der Waals surface area contributed by atoms with E-state index in [1.165, 1.54) is 22.3 Å². The molecule has 146 valence electrons. The first-order chi connectivity index (χ1) is 14.2. The molecule has 0 saturated heterocycles. The van der Waals surface area contributed by atoms with Crippen molar-refractivity contribution in [1.82, 2.24) is 0 Å². The molecule has 4 rings (SSSR count). The molecule has 0 aromatic heterocycles. The van der Waals surface area contributed by atoms with Crippen LogP contribution in [0.25, 0.3) is 11.6 Å². The molecule has 3 aromatic rings. The number of hydrogen-bond acceptors (Lipinski definition) is 2. The number of fused-ring (bicyclic) bond motifs is 1. The van der Waals surface area contributed by atoms with Gasteiger partial charge in [-0.3, -0.25) is 0 Å². The van der Waals surface area contributed by atoms with E-state index in [1.54, 1.807) is 19.2 Å². The molecule has 0 radical (unpaired) electrons. The zero-order chi connectivity index (χ0) is 20.2. The van der Waals surface area contributed by atoms with Gasteiger partial charge in [0, 0.05) is 5.56 Å². The summed E-state index contributed by atoms with van der Waals surface area (Å²) in [6, 6.07) is 21.9. The number of hydrogen-bond donors (Lipinski definition) is 1. The van der Waals surface area contributed by atoms with E-state index in [4.69, 9.17) is 9.84 Å². The van der Waals surface area contributed by atoms with Gasteiger partial charge in [-0.1, -0.05) is 48.5 Å². The van der Waals surface area contributed by atoms with Crippen LogP contribution in [0.1, 0.15) is 44.6 Å². The van der Waals surface area contributed by atoms with Crippen LogP contribution in [0.3, 0.4) is 0 Å². The van der Waals surface area contributed by atoms with Crippen molar-refractivity contribution in [1.29, 1.82) is 0 Å². The van der Waals surface area contributed by atoms with Crippen LogP contribution in [-0.2, 0) is 19.3 Å². The number of ether oxygens (including phenoxy) is 1. The number of benzene rings is 3. The second kappa shape index (κ2) is 8.36. The molecule has 0 aliphatic heterocycles. The number of carboxylic acids is 1. The van der Waals surface area contributed by atoms with Gasteiger partial charge >= 0.3 is 5.97 Å². The maximum absolute atomic E-state index is 11.0. The average Bonchev–Trinajstić information content (AvgIpc) is 3.16. The summed E-state index contributed by atoms with van der Waals surface area (Å²) in [7, 11) is 1.71. The zero-order valence-corrected chi connectivity index (χ0v) is 16.5. The molecule has 0 spiro atoms. The van der Waals surface area contributed by atoms with E-state index in [2.05, 4.69) is 30.3 Å². The van der Waals surface area contributed by atoms with Gasteiger partial charge < -0.3 is 9.84 Å². The number of carbonyl (C=O) groups is 1. The molecule has 3 heteroatoms. The number of rotatable bonds is 6. The summed E-state index contributed by atoms with van der Waals surface area (Å²) in [5.74, 6) is 0.00741. The predicted octanol–water partition coefficient (Wildman–Crippen LogP) is 5.67. The highest BCUT2D eigenvalue weighted by atomic mass is 16.5. The first-order valence-electron chi connectivity index (χ1n) is 9.92. The van der Waals surface area contributed by atoms with Gasteiger partial charge in [-0.2, -0.15) is 0 Å². The van der Waals surface area contributed by atoms with Crippen molar-refractivity contribution in [3.63, 3.8) is 0 Å². The maximum atomic E-state index is 11.0. The predicted molar refractivity (Wildman–Crippen MR) is 116 cm³/mol. The van der Waals surface area contributed by atoms with Crippen molar-refractivity contribution in [3.05, 3.63) is 100 Å². The van der Waals surface area contributed by atoms with Gasteiger partial charge in [0.2, 0.25) is 0 Å². The fraction of sp³-hybridized carbons (Fsp3) is 0.192. The van der Waals surface area contributed by atoms with E-state index in [1.807, 2.05) is 30.3 Å². The van der Waals surface area contributed by atoms with Gasteiger partial charge in [0.25, 0.3) is 0 Å². The van der Waals surface area contributed by atoms with E-state index in [9.17, 15) is 4.79 Å². The van der Waals surface area contributed by atoms with Crippen LogP contribution in [-0.4, -0.2) is 18.2 Å². The van der Waals surface area contributed by atoms with Crippen LogP contribution in [0.2, 0.25) is 0 Å². The normalized spacial score (nSPS) is 14.0. The molecule has 1 aliphatic carbocycles. The average molecular weight is 384 g/mol. The molecule has 0 atom stereocenters. The van der Waals surface area contributed by atoms with E-state index in [0.29, 0.717) is 5.56 Å². The molecule has 1 aliphatic rings. The van der Waals surface area contributed by atoms with Gasteiger partial charge in [0.15, 0.2) is 0 Å². The number of aromatic carboxylic acids is 1. The Kier molecular flexibility index (Phi) is 5.48. The Hall–Kier alpha value is -3.33. The lowest BCUT2D eigenvalue weighted by atomic mass is 9.94. The molecule has 3 nitrogen and oxygen atoms in total. The summed E-state index contributed by atoms with van der Waals surface area (Å²) in [4.78, 5) is 11.0. The van der Waals surface area contributed by atoms with Crippen molar-refractivity contribution in [2.75, 3.05) is 7.11 Å². The van der Waals surface area contributed by atoms with Crippen LogP contribution < -0.4 is 4.74 Å². The van der Waals surface area contributed by atoms with Crippen molar-refractivity contribution in [2.24, 2.45) is 0 Å². The Balaban J connectivity index is 1.60. The molecule has 0 saturated carbocycles. The monoisotopic (exact) mass is 384 g/mol. The third-order valence-electron chi connectivity index (χ3n) is 5.57. The van der Waals surface area contributed by atoms with Gasteiger partial charge in [0.05, 0.1) is 12.7 Å². The van der Waals surface area contributed by atoms with Crippen LogP contribution in [0, 0.1) is 0 Å². The standard InChI is InChI=1S/C26H24O3/c1-29-24-8-3-2-5-22(24)17-23-16-15-20-7-4-6-19(25(20)23)12-9-18-10-13-21(14-11-18)26(27)28/h2-8,10-11,13-14,17H,9,12,15-16H2,1H3,(H,27,28). The van der Waals surface area contributed by atoms with Crippen molar-refractivity contribution < 1.29 is 14.6 Å². The Morgan fingerprint density at radius 1 is 0.966 bits per heavy atom. The molecule has 0 heterocycles. The second-order valence-corrected chi connectivity index (χ2v) is 7.36. The van der Waals surface area contributed by atoms with Crippen molar-refractivity contribution in [2.45, 2.75) is 25.7 Å². The quantitative estimate of drug-likeness (QED) is 0.596. The Morgan fingerprint density at radius 2 is 1.76 bits per heavy atom. The Morgan fingerprint density at radius 3 is 2.52 bits per heavy atom. The van der Waals surface area contributed by atoms with Crippen LogP contribution in [0.4, 0.5) is 0 Å². The van der Waals surface area contributed by atoms with Gasteiger partial charge in [-0.05, 0) is 77.8 Å². The van der Waals surface area contributed by atoms with Crippen LogP contribution in [0.5, 0.6) is 5.75 Å². The third-order valence-corrected chi connectivity index (χ3v) is 5.57. The molecule has 3 aromatic carbocycles. The highest BCUT2D eigenvalue weighted by Gasteiger charge is 2.20. The number of aryl methyl sites for hydroxylation is 3. The topological polar surface area (TPSA) is 46.5 Å². The van der Waals surface area contributed by atoms with Gasteiger partial charge in [0.1, 0.15) is 5.75 Å². The maximum Gasteiger partial charge on any atom is 0.335 e. The minimum atomic E-state index is -0.886. The molecule has 0 fully saturated rings. The SMILES string of the molecule is COc1ccccc1C=C1CCc2cccc(CCc3ccc(C(=O)O)cc3)c21. The minimum Gasteiger partial charge on any atom is -0.496 e. The second-order valence-electron chi connectivity index (χ2n) is 7.36. The molecule has 1 N–H and O–H groups in total. The smallest absolute Gasteiger partial charge is 0.335 e. The van der Waals surface area contributed by atoms with Crippen LogP contribution in [0.15, 0.2) is 66.7 Å².